The van der Waals surface area contributed by atoms with Gasteiger partial charge in [0.15, 0.2) is 23.8 Å². The van der Waals surface area contributed by atoms with Gasteiger partial charge in [0.2, 0.25) is 0 Å². The number of hydroxylamine groups is 3. The van der Waals surface area contributed by atoms with Gasteiger partial charge < -0.3 is 96.1 Å². The fourth-order valence-electron chi connectivity index (χ4n) is 24.9. The lowest BCUT2D eigenvalue weighted by Crippen LogP contribution is -3.00. The number of methoxy groups -OCH3 is 9. The molecule has 7 aliphatic heterocycles. The average molecular weight is 1990 g/mol. The van der Waals surface area contributed by atoms with Gasteiger partial charge in [-0.3, -0.25) is 9.69 Å². The lowest BCUT2D eigenvalue weighted by molar-refractivity contribution is -0.907. The highest BCUT2D eigenvalue weighted by atomic mass is 79.9. The summed E-state index contributed by atoms with van der Waals surface area (Å²) in [6.45, 7) is 29.5. The van der Waals surface area contributed by atoms with E-state index in [1.807, 2.05) is 17.6 Å². The molecule has 17 nitrogen and oxygen atoms in total. The van der Waals surface area contributed by atoms with Crippen LogP contribution in [0.5, 0.6) is 51.7 Å². The van der Waals surface area contributed by atoms with Crippen molar-refractivity contribution in [3.8, 4) is 51.7 Å². The van der Waals surface area contributed by atoms with Gasteiger partial charge in [-0.15, -0.1) is 0 Å². The van der Waals surface area contributed by atoms with Gasteiger partial charge >= 0.3 is 0 Å². The first kappa shape index (κ1) is 95.8. The summed E-state index contributed by atoms with van der Waals surface area (Å²) in [7, 11) is 15.6. The maximum absolute atomic E-state index is 13.5. The minimum atomic E-state index is -0.414. The van der Waals surface area contributed by atoms with Gasteiger partial charge in [-0.2, -0.15) is 0 Å². The predicted molar refractivity (Wildman–Crippen MR) is 558 cm³/mol. The van der Waals surface area contributed by atoms with Crippen LogP contribution in [0.4, 0.5) is 0 Å². The molecular weight excluding hydrogens is 1860 g/mol. The van der Waals surface area contributed by atoms with E-state index in [-0.39, 0.29) is 56.3 Å². The van der Waals surface area contributed by atoms with Crippen molar-refractivity contribution in [2.24, 2.45) is 0 Å². The van der Waals surface area contributed by atoms with Crippen LogP contribution in [0, 0.1) is 81.4 Å². The number of aliphatic hydroxyl groups excluding tert-OH is 1. The summed E-state index contributed by atoms with van der Waals surface area (Å²) in [5, 5.41) is 56.1. The fraction of sp³-hybridized carbons (Fsp3) is 0.342. The summed E-state index contributed by atoms with van der Waals surface area (Å²) in [5.74, 6) is 8.18. The van der Waals surface area contributed by atoms with E-state index in [9.17, 15) is 15.1 Å². The first-order valence-corrected chi connectivity index (χ1v) is 48.9. The van der Waals surface area contributed by atoms with Crippen molar-refractivity contribution >= 4 is 140 Å². The van der Waals surface area contributed by atoms with E-state index in [0.29, 0.717) is 6.54 Å². The molecule has 7 aliphatic rings. The topological polar surface area (TPSA) is 159 Å². The highest BCUT2D eigenvalue weighted by molar-refractivity contribution is 6.29. The molecule has 18 aromatic rings. The number of quaternary nitrogens is 1. The number of hydrogen-bond acceptors (Lipinski definition) is 13. The van der Waals surface area contributed by atoms with Crippen LogP contribution in [0.25, 0.3) is 140 Å². The van der Waals surface area contributed by atoms with Crippen LogP contribution in [0.1, 0.15) is 152 Å². The van der Waals surface area contributed by atoms with Crippen molar-refractivity contribution in [3.05, 3.63) is 268 Å². The van der Waals surface area contributed by atoms with E-state index in [1.165, 1.54) is 172 Å². The third kappa shape index (κ3) is 15.9. The number of fused-ring (bicyclic) bond motifs is 35. The monoisotopic (exact) mass is 1990 g/mol. The van der Waals surface area contributed by atoms with Crippen LogP contribution in [-0.2, 0) is 58.4 Å². The Morgan fingerprint density at radius 3 is 1.21 bits per heavy atom. The Bertz CT molecular complexity index is 8180. The van der Waals surface area contributed by atoms with Gasteiger partial charge in [0.05, 0.1) is 98.8 Å². The van der Waals surface area contributed by atoms with Crippen molar-refractivity contribution in [2.45, 2.75) is 198 Å². The summed E-state index contributed by atoms with van der Waals surface area (Å²) >= 11 is 0. The minimum Gasteiger partial charge on any atom is -1.00 e. The Hall–Kier alpha value is -12.1. The number of aromatic nitrogens is 3. The zero-order chi connectivity index (χ0) is 95.5. The summed E-state index contributed by atoms with van der Waals surface area (Å²) in [6.07, 6.45) is 16.1. The molecule has 0 spiro atoms. The third-order valence-corrected chi connectivity index (χ3v) is 32.0. The molecular formula is C120H125Br2N5O12. The molecule has 0 amide bonds. The Kier molecular flexibility index (Phi) is 25.9. The molecule has 0 saturated carbocycles. The van der Waals surface area contributed by atoms with Gasteiger partial charge in [-0.1, -0.05) is 23.8 Å². The fourth-order valence-corrected chi connectivity index (χ4v) is 24.9. The molecule has 2 fully saturated rings. The van der Waals surface area contributed by atoms with Gasteiger partial charge in [0.1, 0.15) is 71.4 Å². The number of halogens is 2. The quantitative estimate of drug-likeness (QED) is 0.0630. The Labute approximate surface area is 833 Å². The van der Waals surface area contributed by atoms with E-state index in [2.05, 4.69) is 229 Å². The number of aryl methyl sites for hydroxylation is 15. The highest BCUT2D eigenvalue weighted by Gasteiger charge is 2.43. The SMILES string of the molecule is COc1cc2c(cc1C)c1cc(C)c(OC)cc1c1c(=O)n3c(cc21)CCC3.COc1cc2c(cc1C)c1cc(C)c(OC)cc1c1c[n+]3c(cc21)CCC3.COc1cc2c3c(c4cc(OC)c(C)cc4c2cc1C)C[N+]1([O-])CCCC1C3.COc1cc2c3c(c4ccc(C)cc4c2cc1C)C(O)C1CCCN1C3.COc1cc2c3c[n+]4c(cc3c3cc(OC)c(C)c(C)c3c2cc1C)CCC4.[Br-].[Br-]. The van der Waals surface area contributed by atoms with E-state index in [1.54, 1.807) is 64.0 Å². The van der Waals surface area contributed by atoms with Crippen molar-refractivity contribution in [2.75, 3.05) is 77.1 Å². The molecule has 25 rings (SSSR count). The van der Waals surface area contributed by atoms with Crippen LogP contribution >= 0.6 is 0 Å². The van der Waals surface area contributed by atoms with E-state index in [4.69, 9.17) is 42.6 Å². The molecule has 0 bridgehead atoms. The number of hydrogen-bond donors (Lipinski definition) is 1. The standard InChI is InChI=1S/C25H26NO2.C24H27NO3.C24H23NO3.C24H24NO2.C23H25NO2.2BrH/c1-14-9-20-19(11-23(14)27-4)22-13-26-8-6-7-17(26)10-18(22)21-12-24(28-5)15(2)16(3)25(20)21;1-14-8-17-18-9-15(2)24(28-4)12-21(18)22-13-25(26)7-5-6-16(25)10-19(22)20(17)11-23(14)27-3;1-13-8-16-17-9-14(2)22(28-4)12-20(17)23-19(18(16)11-21(13)27-3)10-15-6-5-7-25(15)24(23)26;1-14-8-17-18-9-15(2)24(27-4)12-21(18)22-13-25-7-5-6-16(25)10-19(22)20(17)11-23(14)26-3;1-13-6-7-15-16(9-13)17-10-14(2)21(26-3)11-18(17)19-12-24-8-4-5-20(24)23(25)22(15)19;;/h9-13H,6-8H2,1-5H3;8-9,11-12,16H,5-7,10,13H2,1-4H3;8-12H,5-7H2,1-4H3;8-13H,5-7H2,1-4H3;6-7,9-11,20,23,25H,4-5,8,12H2,1-3H3;2*1H/q+1;;;+1;;;/p-2. The second-order valence-corrected chi connectivity index (χ2v) is 39.8. The molecule has 0 radical (unpaired) electrons. The second-order valence-electron chi connectivity index (χ2n) is 39.8. The molecule has 139 heavy (non-hydrogen) atoms. The maximum Gasteiger partial charge on any atom is 0.259 e. The third-order valence-electron chi connectivity index (χ3n) is 32.0. The van der Waals surface area contributed by atoms with Gasteiger partial charge in [-0.25, -0.2) is 9.13 Å². The molecule has 716 valence electrons. The summed E-state index contributed by atoms with van der Waals surface area (Å²) in [4.78, 5) is 15.9. The molecule has 3 aromatic heterocycles. The van der Waals surface area contributed by atoms with Crippen molar-refractivity contribution < 1.29 is 95.5 Å². The van der Waals surface area contributed by atoms with Crippen LogP contribution in [0.15, 0.2) is 157 Å². The van der Waals surface area contributed by atoms with Crippen molar-refractivity contribution in [1.82, 2.24) is 9.47 Å². The molecule has 19 heteroatoms. The molecule has 1 N–H and O–H groups in total. The minimum absolute atomic E-state index is 0. The lowest BCUT2D eigenvalue weighted by atomic mass is 9.83. The van der Waals surface area contributed by atoms with E-state index in [0.717, 1.165) is 230 Å². The highest BCUT2D eigenvalue weighted by Crippen LogP contribution is 2.52. The Morgan fingerprint density at radius 1 is 0.353 bits per heavy atom. The van der Waals surface area contributed by atoms with Crippen LogP contribution < -0.4 is 91.3 Å². The van der Waals surface area contributed by atoms with Gasteiger partial charge in [-0.05, 0) is 403 Å². The lowest BCUT2D eigenvalue weighted by Gasteiger charge is -2.48. The smallest absolute Gasteiger partial charge is 0.259 e. The second kappa shape index (κ2) is 37.5. The number of pyridine rings is 3. The van der Waals surface area contributed by atoms with Crippen molar-refractivity contribution in [3.63, 3.8) is 0 Å². The average Bonchev–Trinajstić information content (AvgIpc) is 1.68. The number of aliphatic hydroxyl groups is 1. The number of ether oxygens (including phenoxy) is 9. The first-order valence-electron chi connectivity index (χ1n) is 48.9. The van der Waals surface area contributed by atoms with Crippen LogP contribution in [-0.4, -0.2) is 108 Å². The van der Waals surface area contributed by atoms with Crippen LogP contribution in [0.3, 0.4) is 0 Å². The van der Waals surface area contributed by atoms with Crippen molar-refractivity contribution in [1.29, 1.82) is 0 Å². The van der Waals surface area contributed by atoms with E-state index < -0.39 is 6.10 Å². The molecule has 10 heterocycles. The predicted octanol–water partition coefficient (Wildman–Crippen LogP) is 19.0. The maximum atomic E-state index is 13.5. The first-order chi connectivity index (χ1) is 66.2. The molecule has 4 atom stereocenters. The summed E-state index contributed by atoms with van der Waals surface area (Å²) in [5.41, 5.74) is 21.8. The Morgan fingerprint density at radius 2 is 0.719 bits per heavy atom. The van der Waals surface area contributed by atoms with E-state index >= 15 is 0 Å². The van der Waals surface area contributed by atoms with Crippen LogP contribution in [0.2, 0.25) is 0 Å². The zero-order valence-corrected chi connectivity index (χ0v) is 87.0. The molecule has 0 aliphatic carbocycles. The summed E-state index contributed by atoms with van der Waals surface area (Å²) in [6, 6.07) is 51.3. The van der Waals surface area contributed by atoms with Gasteiger partial charge in [0, 0.05) is 98.2 Å². The molecule has 4 unspecified atom stereocenters. The normalized spacial score (nSPS) is 17.0. The number of nitrogens with zero attached hydrogens (tertiary/aromatic N) is 5. The largest absolute Gasteiger partial charge is 1.00 e. The Balaban J connectivity index is 0.000000110. The number of rotatable bonds is 9. The molecule has 2 saturated heterocycles. The zero-order valence-electron chi connectivity index (χ0n) is 83.8. The number of benzene rings is 15. The summed E-state index contributed by atoms with van der Waals surface area (Å²) < 4.78 is 57.4. The van der Waals surface area contributed by atoms with Gasteiger partial charge in [0.25, 0.3) is 5.56 Å². The molecule has 15 aromatic carbocycles.